The van der Waals surface area contributed by atoms with Crippen LogP contribution in [0.5, 0.6) is 0 Å². The van der Waals surface area contributed by atoms with Crippen molar-refractivity contribution in [2.75, 3.05) is 5.32 Å². The molecule has 0 unspecified atom stereocenters. The minimum Gasteiger partial charge on any atom is -0.381 e. The number of aromatic amines is 1. The van der Waals surface area contributed by atoms with E-state index in [1.165, 1.54) is 11.3 Å². The number of aryl methyl sites for hydroxylation is 1. The average Bonchev–Trinajstić information content (AvgIpc) is 3.10. The second kappa shape index (κ2) is 5.21. The van der Waals surface area contributed by atoms with Crippen molar-refractivity contribution in [2.45, 2.75) is 13.5 Å². The molecule has 20 heavy (non-hydrogen) atoms. The highest BCUT2D eigenvalue weighted by Crippen LogP contribution is 2.19. The van der Waals surface area contributed by atoms with E-state index >= 15 is 0 Å². The number of nitrogens with one attached hydrogen (secondary N) is 2. The van der Waals surface area contributed by atoms with Gasteiger partial charge in [-0.25, -0.2) is 4.98 Å². The Kier molecular flexibility index (Phi) is 3.25. The first-order valence-corrected chi connectivity index (χ1v) is 6.54. The Morgan fingerprint density at radius 1 is 1.20 bits per heavy atom. The van der Waals surface area contributed by atoms with Gasteiger partial charge < -0.3 is 10.3 Å². The van der Waals surface area contributed by atoms with Gasteiger partial charge in [0.25, 0.3) is 0 Å². The first kappa shape index (κ1) is 12.5. The summed E-state index contributed by atoms with van der Waals surface area (Å²) in [4.78, 5) is 7.13. The third-order valence-electron chi connectivity index (χ3n) is 3.51. The molecule has 0 fully saturated rings. The molecule has 2 N–H and O–H groups in total. The molecule has 0 aliphatic rings. The molecule has 3 aromatic rings. The van der Waals surface area contributed by atoms with E-state index in [9.17, 15) is 0 Å². The van der Waals surface area contributed by atoms with Gasteiger partial charge in [-0.1, -0.05) is 12.1 Å². The zero-order valence-corrected chi connectivity index (χ0v) is 11.6. The van der Waals surface area contributed by atoms with Gasteiger partial charge in [-0.05, 0) is 24.6 Å². The van der Waals surface area contributed by atoms with E-state index in [0.29, 0.717) is 0 Å². The van der Waals surface area contributed by atoms with E-state index in [1.807, 2.05) is 24.1 Å². The van der Waals surface area contributed by atoms with Crippen LogP contribution in [-0.2, 0) is 13.6 Å². The Bertz CT molecular complexity index is 680. The summed E-state index contributed by atoms with van der Waals surface area (Å²) >= 11 is 0. The molecule has 0 aliphatic carbocycles. The highest BCUT2D eigenvalue weighted by Gasteiger charge is 2.03. The topological polar surface area (TPSA) is 58.5 Å². The summed E-state index contributed by atoms with van der Waals surface area (Å²) in [6.07, 6.45) is 5.41. The summed E-state index contributed by atoms with van der Waals surface area (Å²) in [5.74, 6) is 0. The van der Waals surface area contributed by atoms with Crippen LogP contribution in [0.2, 0.25) is 0 Å². The van der Waals surface area contributed by atoms with Crippen LogP contribution in [-0.4, -0.2) is 19.7 Å². The smallest absolute Gasteiger partial charge is 0.0924 e. The van der Waals surface area contributed by atoms with E-state index in [4.69, 9.17) is 0 Å². The Morgan fingerprint density at radius 3 is 2.60 bits per heavy atom. The zero-order chi connectivity index (χ0) is 13.9. The van der Waals surface area contributed by atoms with Crippen molar-refractivity contribution >= 4 is 5.69 Å². The number of benzene rings is 1. The van der Waals surface area contributed by atoms with Crippen molar-refractivity contribution in [2.24, 2.45) is 7.05 Å². The molecule has 0 aliphatic heterocycles. The first-order valence-electron chi connectivity index (χ1n) is 6.54. The molecular formula is C15H17N5. The molecule has 5 nitrogen and oxygen atoms in total. The number of hydrogen-bond donors (Lipinski definition) is 2. The van der Waals surface area contributed by atoms with Crippen LogP contribution < -0.4 is 5.32 Å². The first-order chi connectivity index (χ1) is 9.74. The third-order valence-corrected chi connectivity index (χ3v) is 3.51. The number of rotatable bonds is 4. The minimum atomic E-state index is 0.781. The number of H-pyrrole nitrogens is 1. The number of anilines is 1. The van der Waals surface area contributed by atoms with Gasteiger partial charge in [0.05, 0.1) is 24.4 Å². The van der Waals surface area contributed by atoms with Crippen LogP contribution in [0.25, 0.3) is 11.3 Å². The van der Waals surface area contributed by atoms with E-state index in [2.05, 4.69) is 51.6 Å². The highest BCUT2D eigenvalue weighted by atomic mass is 15.3. The predicted molar refractivity (Wildman–Crippen MR) is 79.3 cm³/mol. The maximum absolute atomic E-state index is 4.24. The highest BCUT2D eigenvalue weighted by molar-refractivity contribution is 5.61. The monoisotopic (exact) mass is 267 g/mol. The minimum absolute atomic E-state index is 0.781. The molecule has 0 saturated heterocycles. The molecule has 2 heterocycles. The second-order valence-corrected chi connectivity index (χ2v) is 4.78. The fourth-order valence-corrected chi connectivity index (χ4v) is 2.10. The van der Waals surface area contributed by atoms with Crippen molar-refractivity contribution in [3.8, 4) is 11.3 Å². The Balaban J connectivity index is 1.68. The fourth-order valence-electron chi connectivity index (χ4n) is 2.10. The molecule has 0 saturated carbocycles. The molecule has 102 valence electrons. The lowest BCUT2D eigenvalue weighted by molar-refractivity contribution is 0.738. The van der Waals surface area contributed by atoms with Gasteiger partial charge in [0.2, 0.25) is 0 Å². The molecule has 3 rings (SSSR count). The van der Waals surface area contributed by atoms with Crippen molar-refractivity contribution in [1.82, 2.24) is 19.7 Å². The van der Waals surface area contributed by atoms with Crippen LogP contribution in [0.3, 0.4) is 0 Å². The predicted octanol–water partition coefficient (Wildman–Crippen LogP) is 2.73. The number of nitrogens with zero attached hydrogens (tertiary/aromatic N) is 3. The van der Waals surface area contributed by atoms with Gasteiger partial charge in [0, 0.05) is 30.5 Å². The van der Waals surface area contributed by atoms with Gasteiger partial charge >= 0.3 is 0 Å². The van der Waals surface area contributed by atoms with E-state index in [0.717, 1.165) is 23.5 Å². The third kappa shape index (κ3) is 2.42. The molecule has 5 heteroatoms. The molecule has 0 radical (unpaired) electrons. The van der Waals surface area contributed by atoms with Crippen LogP contribution in [0, 0.1) is 6.92 Å². The lowest BCUT2D eigenvalue weighted by atomic mass is 10.1. The summed E-state index contributed by atoms with van der Waals surface area (Å²) in [5.41, 5.74) is 5.65. The molecule has 0 atom stereocenters. The van der Waals surface area contributed by atoms with E-state index in [1.54, 1.807) is 6.33 Å². The largest absolute Gasteiger partial charge is 0.381 e. The molecule has 0 bridgehead atoms. The van der Waals surface area contributed by atoms with Gasteiger partial charge in [-0.3, -0.25) is 4.68 Å². The van der Waals surface area contributed by atoms with E-state index < -0.39 is 0 Å². The maximum Gasteiger partial charge on any atom is 0.0924 e. The Morgan fingerprint density at radius 2 is 2.00 bits per heavy atom. The summed E-state index contributed by atoms with van der Waals surface area (Å²) in [6, 6.07) is 8.29. The van der Waals surface area contributed by atoms with Crippen molar-refractivity contribution in [3.05, 3.63) is 54.2 Å². The lowest BCUT2D eigenvalue weighted by Gasteiger charge is -2.07. The van der Waals surface area contributed by atoms with Crippen molar-refractivity contribution in [3.63, 3.8) is 0 Å². The number of aromatic nitrogens is 4. The molecular weight excluding hydrogens is 250 g/mol. The SMILES string of the molecule is Cc1c(CNc2ccc(-c3cnc[nH]3)cc2)cnn1C. The van der Waals surface area contributed by atoms with Crippen LogP contribution >= 0.6 is 0 Å². The standard InChI is InChI=1S/C15H17N5/c1-11-13(8-19-20(11)2)7-17-14-5-3-12(4-6-14)15-9-16-10-18-15/h3-6,8-10,17H,7H2,1-2H3,(H,16,18). The molecule has 2 aromatic heterocycles. The molecule has 0 spiro atoms. The quantitative estimate of drug-likeness (QED) is 0.764. The fraction of sp³-hybridized carbons (Fsp3) is 0.200. The van der Waals surface area contributed by atoms with Crippen LogP contribution in [0.1, 0.15) is 11.3 Å². The summed E-state index contributed by atoms with van der Waals surface area (Å²) in [6.45, 7) is 2.86. The van der Waals surface area contributed by atoms with Gasteiger partial charge in [-0.2, -0.15) is 5.10 Å². The van der Waals surface area contributed by atoms with Gasteiger partial charge in [-0.15, -0.1) is 0 Å². The van der Waals surface area contributed by atoms with E-state index in [-0.39, 0.29) is 0 Å². The van der Waals surface area contributed by atoms with Gasteiger partial charge in [0.1, 0.15) is 0 Å². The molecule has 0 amide bonds. The maximum atomic E-state index is 4.24. The van der Waals surface area contributed by atoms with Crippen molar-refractivity contribution in [1.29, 1.82) is 0 Å². The Labute approximate surface area is 117 Å². The average molecular weight is 267 g/mol. The normalized spacial score (nSPS) is 10.7. The number of imidazole rings is 1. The summed E-state index contributed by atoms with van der Waals surface area (Å²) in [5, 5.41) is 7.65. The van der Waals surface area contributed by atoms with Crippen LogP contribution in [0.15, 0.2) is 43.0 Å². The van der Waals surface area contributed by atoms with Crippen LogP contribution in [0.4, 0.5) is 5.69 Å². The second-order valence-electron chi connectivity index (χ2n) is 4.78. The molecule has 1 aromatic carbocycles. The zero-order valence-electron chi connectivity index (χ0n) is 11.6. The Hall–Kier alpha value is -2.56. The van der Waals surface area contributed by atoms with Crippen molar-refractivity contribution < 1.29 is 0 Å². The van der Waals surface area contributed by atoms with Gasteiger partial charge in [0.15, 0.2) is 0 Å². The number of hydrogen-bond acceptors (Lipinski definition) is 3. The summed E-state index contributed by atoms with van der Waals surface area (Å²) in [7, 11) is 1.96. The summed E-state index contributed by atoms with van der Waals surface area (Å²) < 4.78 is 1.89. The lowest BCUT2D eigenvalue weighted by Crippen LogP contribution is -2.01.